The van der Waals surface area contributed by atoms with E-state index in [-0.39, 0.29) is 12.1 Å². The number of ether oxygens (including phenoxy) is 1. The smallest absolute Gasteiger partial charge is 0.184 e. The number of aromatic nitrogens is 1. The summed E-state index contributed by atoms with van der Waals surface area (Å²) in [6.07, 6.45) is 10.0. The van der Waals surface area contributed by atoms with Crippen molar-refractivity contribution in [3.05, 3.63) is 42.3 Å². The van der Waals surface area contributed by atoms with Gasteiger partial charge in [0.25, 0.3) is 0 Å². The molecule has 0 bridgehead atoms. The van der Waals surface area contributed by atoms with E-state index in [2.05, 4.69) is 34.4 Å². The number of aliphatic hydroxyl groups excluding tert-OH is 1. The lowest BCUT2D eigenvalue weighted by atomic mass is 9.93. The number of likely N-dealkylation sites (N-methyl/N-ethyl adjacent to an activating group) is 1. The van der Waals surface area contributed by atoms with Crippen LogP contribution in [0.3, 0.4) is 0 Å². The molecule has 2 aromatic rings. The summed E-state index contributed by atoms with van der Waals surface area (Å²) in [5, 5.41) is 14.4. The first-order valence-corrected chi connectivity index (χ1v) is 10.2. The van der Waals surface area contributed by atoms with Crippen LogP contribution in [0.1, 0.15) is 32.6 Å². The number of nitrogens with one attached hydrogen (secondary N) is 1. The van der Waals surface area contributed by atoms with Crippen LogP contribution in [0.25, 0.3) is 10.2 Å². The Kier molecular flexibility index (Phi) is 5.13. The summed E-state index contributed by atoms with van der Waals surface area (Å²) in [5.74, 6) is 1.70. The van der Waals surface area contributed by atoms with Crippen molar-refractivity contribution in [2.75, 3.05) is 18.4 Å². The molecule has 1 aromatic heterocycles. The second-order valence-electron chi connectivity index (χ2n) is 6.86. The van der Waals surface area contributed by atoms with Crippen LogP contribution in [0.4, 0.5) is 5.13 Å². The van der Waals surface area contributed by atoms with Crippen molar-refractivity contribution in [3.63, 3.8) is 0 Å². The molecule has 1 saturated carbocycles. The fraction of sp³-hybridized carbons (Fsp3) is 0.450. The zero-order chi connectivity index (χ0) is 17.9. The molecule has 0 amide bonds. The highest BCUT2D eigenvalue weighted by molar-refractivity contribution is 7.22. The molecule has 1 aromatic carbocycles. The second kappa shape index (κ2) is 7.68. The van der Waals surface area contributed by atoms with Gasteiger partial charge in [0.1, 0.15) is 11.5 Å². The Morgan fingerprint density at radius 1 is 1.35 bits per heavy atom. The first-order chi connectivity index (χ1) is 12.7. The third-order valence-corrected chi connectivity index (χ3v) is 5.97. The van der Waals surface area contributed by atoms with Crippen LogP contribution in [0, 0.1) is 0 Å². The maximum atomic E-state index is 10.1. The minimum atomic E-state index is -0.276. The van der Waals surface area contributed by atoms with Gasteiger partial charge in [0, 0.05) is 25.4 Å². The van der Waals surface area contributed by atoms with Gasteiger partial charge in [0.15, 0.2) is 5.13 Å². The highest BCUT2D eigenvalue weighted by Gasteiger charge is 2.23. The van der Waals surface area contributed by atoms with Gasteiger partial charge in [-0.3, -0.25) is 0 Å². The molecule has 5 nitrogen and oxygen atoms in total. The molecule has 4 rings (SSSR count). The van der Waals surface area contributed by atoms with E-state index in [1.54, 1.807) is 11.3 Å². The average Bonchev–Trinajstić information content (AvgIpc) is 3.06. The number of rotatable bonds is 5. The monoisotopic (exact) mass is 371 g/mol. The molecule has 0 unspecified atom stereocenters. The summed E-state index contributed by atoms with van der Waals surface area (Å²) < 4.78 is 7.09. The topological polar surface area (TPSA) is 57.6 Å². The summed E-state index contributed by atoms with van der Waals surface area (Å²) in [4.78, 5) is 6.87. The van der Waals surface area contributed by atoms with Crippen molar-refractivity contribution in [1.29, 1.82) is 0 Å². The highest BCUT2D eigenvalue weighted by atomic mass is 32.1. The van der Waals surface area contributed by atoms with Gasteiger partial charge >= 0.3 is 0 Å². The molecule has 2 heterocycles. The Morgan fingerprint density at radius 3 is 3.00 bits per heavy atom. The van der Waals surface area contributed by atoms with Crippen LogP contribution in [0.15, 0.2) is 42.3 Å². The number of hydrogen-bond donors (Lipinski definition) is 2. The summed E-state index contributed by atoms with van der Waals surface area (Å²) in [6.45, 7) is 4.02. The maximum Gasteiger partial charge on any atom is 0.184 e. The minimum absolute atomic E-state index is 0.110. The van der Waals surface area contributed by atoms with Gasteiger partial charge in [-0.05, 0) is 44.1 Å². The van der Waals surface area contributed by atoms with Gasteiger partial charge in [-0.15, -0.1) is 0 Å². The zero-order valence-electron chi connectivity index (χ0n) is 15.0. The Hall–Kier alpha value is -2.05. The van der Waals surface area contributed by atoms with E-state index in [4.69, 9.17) is 4.74 Å². The van der Waals surface area contributed by atoms with E-state index < -0.39 is 0 Å². The number of aliphatic hydroxyl groups is 1. The maximum absolute atomic E-state index is 10.1. The van der Waals surface area contributed by atoms with Crippen LogP contribution < -0.4 is 10.1 Å². The van der Waals surface area contributed by atoms with Gasteiger partial charge in [0.05, 0.1) is 22.4 Å². The Balaban J connectivity index is 1.46. The molecule has 1 aliphatic heterocycles. The molecular weight excluding hydrogens is 346 g/mol. The van der Waals surface area contributed by atoms with Gasteiger partial charge in [0.2, 0.25) is 0 Å². The van der Waals surface area contributed by atoms with Crippen LogP contribution in [0.2, 0.25) is 0 Å². The molecule has 0 radical (unpaired) electrons. The van der Waals surface area contributed by atoms with Gasteiger partial charge in [-0.25, -0.2) is 4.98 Å². The minimum Gasteiger partial charge on any atom is -0.458 e. The molecule has 6 heteroatoms. The molecule has 1 aliphatic carbocycles. The third kappa shape index (κ3) is 3.86. The number of anilines is 1. The van der Waals surface area contributed by atoms with E-state index in [1.165, 1.54) is 0 Å². The van der Waals surface area contributed by atoms with Crippen molar-refractivity contribution in [2.45, 2.75) is 44.8 Å². The van der Waals surface area contributed by atoms with E-state index in [0.29, 0.717) is 0 Å². The second-order valence-corrected chi connectivity index (χ2v) is 7.89. The number of hydrogen-bond acceptors (Lipinski definition) is 6. The normalized spacial score (nSPS) is 23.2. The van der Waals surface area contributed by atoms with Crippen molar-refractivity contribution < 1.29 is 9.84 Å². The number of benzene rings is 1. The SMILES string of the molecule is CCN1C=CC(Oc2ccc3nc(N[C@@H]4CCCC[C@H]4O)sc3c2)=CC1. The van der Waals surface area contributed by atoms with Crippen molar-refractivity contribution in [1.82, 2.24) is 9.88 Å². The Morgan fingerprint density at radius 2 is 2.23 bits per heavy atom. The summed E-state index contributed by atoms with van der Waals surface area (Å²) >= 11 is 1.61. The van der Waals surface area contributed by atoms with Crippen molar-refractivity contribution >= 4 is 26.7 Å². The molecule has 26 heavy (non-hydrogen) atoms. The zero-order valence-corrected chi connectivity index (χ0v) is 15.8. The van der Waals surface area contributed by atoms with Gasteiger partial charge < -0.3 is 20.1 Å². The molecular formula is C20H25N3O2S. The molecule has 0 spiro atoms. The fourth-order valence-corrected chi connectivity index (χ4v) is 4.39. The Bertz CT molecular complexity index is 830. The Labute approximate surface area is 158 Å². The number of fused-ring (bicyclic) bond motifs is 1. The predicted molar refractivity (Wildman–Crippen MR) is 107 cm³/mol. The van der Waals surface area contributed by atoms with Gasteiger partial charge in [-0.2, -0.15) is 0 Å². The molecule has 2 N–H and O–H groups in total. The first-order valence-electron chi connectivity index (χ1n) is 9.37. The lowest BCUT2D eigenvalue weighted by Crippen LogP contribution is -2.36. The number of nitrogens with zero attached hydrogens (tertiary/aromatic N) is 2. The van der Waals surface area contributed by atoms with E-state index >= 15 is 0 Å². The van der Waals surface area contributed by atoms with E-state index in [1.807, 2.05) is 24.3 Å². The lowest BCUT2D eigenvalue weighted by Gasteiger charge is -2.27. The molecule has 2 atom stereocenters. The average molecular weight is 372 g/mol. The van der Waals surface area contributed by atoms with Crippen LogP contribution in [-0.2, 0) is 0 Å². The fourth-order valence-electron chi connectivity index (χ4n) is 3.43. The third-order valence-electron chi connectivity index (χ3n) is 5.02. The van der Waals surface area contributed by atoms with Crippen LogP contribution in [0.5, 0.6) is 5.75 Å². The predicted octanol–water partition coefficient (Wildman–Crippen LogP) is 4.12. The number of allylic oxidation sites excluding steroid dienone is 1. The summed E-state index contributed by atoms with van der Waals surface area (Å²) in [6, 6.07) is 6.10. The summed E-state index contributed by atoms with van der Waals surface area (Å²) in [7, 11) is 0. The largest absolute Gasteiger partial charge is 0.458 e. The number of thiazole rings is 1. The molecule has 1 fully saturated rings. The molecule has 2 aliphatic rings. The first kappa shape index (κ1) is 17.4. The summed E-state index contributed by atoms with van der Waals surface area (Å²) in [5.41, 5.74) is 0.959. The quantitative estimate of drug-likeness (QED) is 0.828. The van der Waals surface area contributed by atoms with Crippen LogP contribution >= 0.6 is 11.3 Å². The highest BCUT2D eigenvalue weighted by Crippen LogP contribution is 2.32. The van der Waals surface area contributed by atoms with Crippen molar-refractivity contribution in [3.8, 4) is 5.75 Å². The van der Waals surface area contributed by atoms with Gasteiger partial charge in [-0.1, -0.05) is 24.2 Å². The lowest BCUT2D eigenvalue weighted by molar-refractivity contribution is 0.116. The standard InChI is InChI=1S/C20H25N3O2S/c1-2-23-11-9-14(10-12-23)25-15-7-8-17-19(13-15)26-20(22-17)21-16-5-3-4-6-18(16)24/h7-11,13,16,18,24H,2-6,12H2,1H3,(H,21,22)/t16-,18-/m1/s1. The molecule has 0 saturated heterocycles. The van der Waals surface area contributed by atoms with E-state index in [9.17, 15) is 5.11 Å². The molecule has 138 valence electrons. The van der Waals surface area contributed by atoms with E-state index in [0.717, 1.165) is 65.6 Å². The van der Waals surface area contributed by atoms with Crippen molar-refractivity contribution in [2.24, 2.45) is 0 Å². The van der Waals surface area contributed by atoms with Crippen LogP contribution in [-0.4, -0.2) is 40.2 Å².